The fourth-order valence-electron chi connectivity index (χ4n) is 1.84. The van der Waals surface area contributed by atoms with Crippen LogP contribution in [0.15, 0.2) is 46.9 Å². The van der Waals surface area contributed by atoms with Crippen molar-refractivity contribution in [3.8, 4) is 5.75 Å². The van der Waals surface area contributed by atoms with E-state index in [0.717, 1.165) is 0 Å². The number of hydrogen-bond acceptors (Lipinski definition) is 4. The molecule has 0 atom stereocenters. The third-order valence-electron chi connectivity index (χ3n) is 2.90. The lowest BCUT2D eigenvalue weighted by atomic mass is 10.1. The number of nitro groups is 1. The van der Waals surface area contributed by atoms with Crippen LogP contribution < -0.4 is 4.74 Å². The van der Waals surface area contributed by atoms with Crippen LogP contribution >= 0.6 is 15.9 Å². The van der Waals surface area contributed by atoms with Gasteiger partial charge in [0.05, 0.1) is 10.5 Å². The molecule has 0 N–H and O–H groups in total. The predicted octanol–water partition coefficient (Wildman–Crippen LogP) is 4.14. The van der Waals surface area contributed by atoms with Gasteiger partial charge < -0.3 is 4.74 Å². The number of benzene rings is 2. The molecule has 5 nitrogen and oxygen atoms in total. The molecule has 108 valence electrons. The third kappa shape index (κ3) is 3.66. The first-order chi connectivity index (χ1) is 9.99. The highest BCUT2D eigenvalue weighted by atomic mass is 79.9. The molecule has 2 aromatic carbocycles. The summed E-state index contributed by atoms with van der Waals surface area (Å²) in [6.45, 7) is 1.57. The molecular weight excluding hydrogens is 338 g/mol. The van der Waals surface area contributed by atoms with Crippen molar-refractivity contribution in [3.63, 3.8) is 0 Å². The van der Waals surface area contributed by atoms with Crippen LogP contribution in [-0.4, -0.2) is 10.7 Å². The van der Waals surface area contributed by atoms with Crippen molar-refractivity contribution in [2.75, 3.05) is 0 Å². The normalized spacial score (nSPS) is 10.2. The predicted molar refractivity (Wildman–Crippen MR) is 81.6 cm³/mol. The minimum atomic E-state index is -0.437. The number of hydrogen-bond donors (Lipinski definition) is 0. The summed E-state index contributed by atoms with van der Waals surface area (Å²) >= 11 is 3.30. The van der Waals surface area contributed by atoms with Crippen molar-refractivity contribution in [2.45, 2.75) is 13.5 Å². The van der Waals surface area contributed by atoms with Gasteiger partial charge in [-0.1, -0.05) is 12.1 Å². The fraction of sp³-hybridized carbons (Fsp3) is 0.133. The molecule has 0 aliphatic carbocycles. The Morgan fingerprint density at radius 1 is 1.29 bits per heavy atom. The van der Waals surface area contributed by atoms with E-state index in [1.54, 1.807) is 36.4 Å². The van der Waals surface area contributed by atoms with Crippen LogP contribution in [0.5, 0.6) is 5.75 Å². The third-order valence-corrected chi connectivity index (χ3v) is 3.56. The first kappa shape index (κ1) is 15.2. The molecule has 2 aromatic rings. The van der Waals surface area contributed by atoms with Crippen LogP contribution in [0.2, 0.25) is 0 Å². The monoisotopic (exact) mass is 349 g/mol. The zero-order chi connectivity index (χ0) is 15.4. The van der Waals surface area contributed by atoms with E-state index in [4.69, 9.17) is 4.74 Å². The second kappa shape index (κ2) is 6.49. The molecule has 0 fully saturated rings. The van der Waals surface area contributed by atoms with Crippen LogP contribution in [0.4, 0.5) is 5.69 Å². The average Bonchev–Trinajstić information content (AvgIpc) is 2.45. The van der Waals surface area contributed by atoms with E-state index >= 15 is 0 Å². The standard InChI is InChI=1S/C15H12BrNO4/c1-10(18)13-7-6-12(8-14(13)16)21-9-11-4-2-3-5-15(11)17(19)20/h2-8H,9H2,1H3. The summed E-state index contributed by atoms with van der Waals surface area (Å²) in [6, 6.07) is 11.4. The van der Waals surface area contributed by atoms with Gasteiger partial charge in [-0.3, -0.25) is 14.9 Å². The SMILES string of the molecule is CC(=O)c1ccc(OCc2ccccc2[N+](=O)[O-])cc1Br. The van der Waals surface area contributed by atoms with Gasteiger partial charge in [-0.15, -0.1) is 0 Å². The Morgan fingerprint density at radius 3 is 2.62 bits per heavy atom. The van der Waals surface area contributed by atoms with E-state index in [9.17, 15) is 14.9 Å². The number of nitrogens with zero attached hydrogens (tertiary/aromatic N) is 1. The summed E-state index contributed by atoms with van der Waals surface area (Å²) in [6.07, 6.45) is 0. The molecule has 0 amide bonds. The van der Waals surface area contributed by atoms with Crippen LogP contribution in [0, 0.1) is 10.1 Å². The molecule has 0 saturated heterocycles. The zero-order valence-electron chi connectivity index (χ0n) is 11.2. The molecule has 0 heterocycles. The minimum Gasteiger partial charge on any atom is -0.489 e. The Kier molecular flexibility index (Phi) is 4.70. The molecule has 0 radical (unpaired) electrons. The number of para-hydroxylation sites is 1. The summed E-state index contributed by atoms with van der Waals surface area (Å²) < 4.78 is 6.19. The van der Waals surface area contributed by atoms with Gasteiger partial charge in [0, 0.05) is 16.1 Å². The maximum absolute atomic E-state index is 11.3. The number of carbonyl (C=O) groups is 1. The second-order valence-electron chi connectivity index (χ2n) is 4.37. The van der Waals surface area contributed by atoms with Gasteiger partial charge in [-0.2, -0.15) is 0 Å². The smallest absolute Gasteiger partial charge is 0.276 e. The van der Waals surface area contributed by atoms with Gasteiger partial charge >= 0.3 is 0 Å². The van der Waals surface area contributed by atoms with Crippen molar-refractivity contribution in [1.82, 2.24) is 0 Å². The molecular formula is C15H12BrNO4. The van der Waals surface area contributed by atoms with Crippen molar-refractivity contribution >= 4 is 27.4 Å². The lowest BCUT2D eigenvalue weighted by Gasteiger charge is -2.08. The van der Waals surface area contributed by atoms with Crippen molar-refractivity contribution in [2.24, 2.45) is 0 Å². The summed E-state index contributed by atoms with van der Waals surface area (Å²) in [7, 11) is 0. The molecule has 0 aliphatic rings. The van der Waals surface area contributed by atoms with E-state index in [-0.39, 0.29) is 18.1 Å². The second-order valence-corrected chi connectivity index (χ2v) is 5.23. The van der Waals surface area contributed by atoms with Crippen LogP contribution in [0.3, 0.4) is 0 Å². The largest absolute Gasteiger partial charge is 0.489 e. The maximum atomic E-state index is 11.3. The topological polar surface area (TPSA) is 69.4 Å². The van der Waals surface area contributed by atoms with Gasteiger partial charge in [0.1, 0.15) is 12.4 Å². The fourth-order valence-corrected chi connectivity index (χ4v) is 2.48. The molecule has 0 unspecified atom stereocenters. The van der Waals surface area contributed by atoms with E-state index in [2.05, 4.69) is 15.9 Å². The molecule has 0 aliphatic heterocycles. The van der Waals surface area contributed by atoms with Crippen LogP contribution in [0.25, 0.3) is 0 Å². The summed E-state index contributed by atoms with van der Waals surface area (Å²) in [5.74, 6) is 0.483. The van der Waals surface area contributed by atoms with E-state index in [1.807, 2.05) is 0 Å². The van der Waals surface area contributed by atoms with Crippen LogP contribution in [-0.2, 0) is 6.61 Å². The number of halogens is 1. The van der Waals surface area contributed by atoms with Gasteiger partial charge in [0.15, 0.2) is 5.78 Å². The number of carbonyl (C=O) groups excluding carboxylic acids is 1. The van der Waals surface area contributed by atoms with Crippen molar-refractivity contribution in [1.29, 1.82) is 0 Å². The average molecular weight is 350 g/mol. The van der Waals surface area contributed by atoms with Crippen LogP contribution in [0.1, 0.15) is 22.8 Å². The Labute approximate surface area is 129 Å². The van der Waals surface area contributed by atoms with Crippen molar-refractivity contribution < 1.29 is 14.5 Å². The van der Waals surface area contributed by atoms with Crippen molar-refractivity contribution in [3.05, 3.63) is 68.2 Å². The van der Waals surface area contributed by atoms with E-state index in [1.165, 1.54) is 13.0 Å². The number of rotatable bonds is 5. The molecule has 6 heteroatoms. The number of Topliss-reactive ketones (excluding diaryl/α,β-unsaturated/α-hetero) is 1. The van der Waals surface area contributed by atoms with Gasteiger partial charge in [-0.25, -0.2) is 0 Å². The Bertz CT molecular complexity index is 700. The molecule has 2 rings (SSSR count). The lowest BCUT2D eigenvalue weighted by molar-refractivity contribution is -0.385. The molecule has 0 spiro atoms. The Balaban J connectivity index is 2.16. The highest BCUT2D eigenvalue weighted by Crippen LogP contribution is 2.25. The molecule has 0 aromatic heterocycles. The maximum Gasteiger partial charge on any atom is 0.276 e. The quantitative estimate of drug-likeness (QED) is 0.462. The number of nitro benzene ring substituents is 1. The highest BCUT2D eigenvalue weighted by molar-refractivity contribution is 9.10. The summed E-state index contributed by atoms with van der Waals surface area (Å²) in [5.41, 5.74) is 1.08. The van der Waals surface area contributed by atoms with Gasteiger partial charge in [0.25, 0.3) is 5.69 Å². The minimum absolute atomic E-state index is 0.0249. The Morgan fingerprint density at radius 2 is 2.00 bits per heavy atom. The summed E-state index contributed by atoms with van der Waals surface area (Å²) in [5, 5.41) is 10.9. The summed E-state index contributed by atoms with van der Waals surface area (Å²) in [4.78, 5) is 21.8. The van der Waals surface area contributed by atoms with E-state index in [0.29, 0.717) is 21.3 Å². The lowest BCUT2D eigenvalue weighted by Crippen LogP contribution is -2.01. The molecule has 21 heavy (non-hydrogen) atoms. The zero-order valence-corrected chi connectivity index (χ0v) is 12.8. The highest BCUT2D eigenvalue weighted by Gasteiger charge is 2.13. The van der Waals surface area contributed by atoms with E-state index < -0.39 is 4.92 Å². The first-order valence-corrected chi connectivity index (χ1v) is 6.94. The molecule has 0 saturated carbocycles. The van der Waals surface area contributed by atoms with Gasteiger partial charge in [-0.05, 0) is 47.1 Å². The Hall–Kier alpha value is -2.21. The molecule has 0 bridgehead atoms. The van der Waals surface area contributed by atoms with Gasteiger partial charge in [0.2, 0.25) is 0 Å². The first-order valence-electron chi connectivity index (χ1n) is 6.14. The number of ketones is 1. The number of ether oxygens (including phenoxy) is 1.